The first-order valence-electron chi connectivity index (χ1n) is 9.57. The molecule has 2 aromatic carbocycles. The molecule has 0 aliphatic heterocycles. The predicted octanol–water partition coefficient (Wildman–Crippen LogP) is 4.91. The molecule has 8 nitrogen and oxygen atoms in total. The average molecular weight is 455 g/mol. The Labute approximate surface area is 185 Å². The number of carbonyl (C=O) groups is 1. The van der Waals surface area contributed by atoms with Crippen molar-refractivity contribution in [3.8, 4) is 23.2 Å². The Balaban J connectivity index is 1.35. The van der Waals surface area contributed by atoms with Gasteiger partial charge in [0.05, 0.1) is 5.69 Å². The zero-order valence-electron chi connectivity index (χ0n) is 17.1. The highest BCUT2D eigenvalue weighted by atomic mass is 19.4. The fraction of sp³-hybridized carbons (Fsp3) is 0.0909. The van der Waals surface area contributed by atoms with Crippen molar-refractivity contribution >= 4 is 11.6 Å². The molecular weight excluding hydrogens is 439 g/mol. The van der Waals surface area contributed by atoms with Crippen LogP contribution in [0.3, 0.4) is 0 Å². The summed E-state index contributed by atoms with van der Waals surface area (Å²) < 4.78 is 47.7. The smallest absolute Gasteiger partial charge is 0.438 e. The van der Waals surface area contributed by atoms with E-state index in [0.717, 1.165) is 17.8 Å². The molecule has 4 rings (SSSR count). The summed E-state index contributed by atoms with van der Waals surface area (Å²) in [6, 6.07) is 16.3. The molecule has 0 aliphatic rings. The van der Waals surface area contributed by atoms with Crippen LogP contribution in [0.25, 0.3) is 5.82 Å². The quantitative estimate of drug-likeness (QED) is 0.444. The predicted molar refractivity (Wildman–Crippen MR) is 111 cm³/mol. The van der Waals surface area contributed by atoms with E-state index < -0.39 is 18.0 Å². The van der Waals surface area contributed by atoms with Gasteiger partial charge < -0.3 is 14.8 Å². The molecule has 0 radical (unpaired) electrons. The Morgan fingerprint density at radius 2 is 1.61 bits per heavy atom. The van der Waals surface area contributed by atoms with Gasteiger partial charge in [0.15, 0.2) is 5.82 Å². The molecular formula is C22H16F3N5O3. The summed E-state index contributed by atoms with van der Waals surface area (Å²) in [4.78, 5) is 12.3. The first-order valence-corrected chi connectivity index (χ1v) is 9.57. The van der Waals surface area contributed by atoms with Crippen molar-refractivity contribution in [3.05, 3.63) is 84.2 Å². The van der Waals surface area contributed by atoms with E-state index in [0.29, 0.717) is 17.3 Å². The van der Waals surface area contributed by atoms with Crippen molar-refractivity contribution in [2.24, 2.45) is 0 Å². The molecule has 0 atom stereocenters. The standard InChI is InChI=1S/C22H16F3N5O3/c1-14-12-13-30(29-14)19-10-11-20(28-27-19)32-17-8-4-16(5-9-17)26-21(31)15-2-6-18(7-3-15)33-22(23,24)25/h2-13H,1H3,(H,26,31). The van der Waals surface area contributed by atoms with Gasteiger partial charge >= 0.3 is 6.36 Å². The zero-order chi connectivity index (χ0) is 23.4. The summed E-state index contributed by atoms with van der Waals surface area (Å²) in [7, 11) is 0. The topological polar surface area (TPSA) is 91.2 Å². The first kappa shape index (κ1) is 21.8. The van der Waals surface area contributed by atoms with Gasteiger partial charge in [0.2, 0.25) is 5.88 Å². The Kier molecular flexibility index (Phi) is 5.94. The number of hydrogen-bond acceptors (Lipinski definition) is 6. The lowest BCUT2D eigenvalue weighted by Crippen LogP contribution is -2.17. The van der Waals surface area contributed by atoms with Crippen molar-refractivity contribution in [2.75, 3.05) is 5.32 Å². The first-order chi connectivity index (χ1) is 15.7. The van der Waals surface area contributed by atoms with Gasteiger partial charge in [-0.3, -0.25) is 4.79 Å². The molecule has 0 spiro atoms. The second-order valence-electron chi connectivity index (χ2n) is 6.78. The SMILES string of the molecule is Cc1ccn(-c2ccc(Oc3ccc(NC(=O)c4ccc(OC(F)(F)F)cc4)cc3)nn2)n1. The lowest BCUT2D eigenvalue weighted by atomic mass is 10.2. The molecule has 33 heavy (non-hydrogen) atoms. The summed E-state index contributed by atoms with van der Waals surface area (Å²) in [5.41, 5.74) is 1.50. The molecule has 1 N–H and O–H groups in total. The summed E-state index contributed by atoms with van der Waals surface area (Å²) in [5, 5.41) is 15.0. The number of benzene rings is 2. The van der Waals surface area contributed by atoms with E-state index >= 15 is 0 Å². The van der Waals surface area contributed by atoms with Gasteiger partial charge in [0.1, 0.15) is 11.5 Å². The van der Waals surface area contributed by atoms with Crippen LogP contribution < -0.4 is 14.8 Å². The average Bonchev–Trinajstić information content (AvgIpc) is 3.21. The van der Waals surface area contributed by atoms with Crippen molar-refractivity contribution in [1.82, 2.24) is 20.0 Å². The summed E-state index contributed by atoms with van der Waals surface area (Å²) in [6.07, 6.45) is -3.02. The largest absolute Gasteiger partial charge is 0.573 e. The molecule has 0 saturated heterocycles. The number of amides is 1. The highest BCUT2D eigenvalue weighted by Gasteiger charge is 2.31. The number of anilines is 1. The van der Waals surface area contributed by atoms with E-state index in [4.69, 9.17) is 4.74 Å². The maximum atomic E-state index is 12.3. The summed E-state index contributed by atoms with van der Waals surface area (Å²) >= 11 is 0. The van der Waals surface area contributed by atoms with Crippen molar-refractivity contribution < 1.29 is 27.4 Å². The fourth-order valence-corrected chi connectivity index (χ4v) is 2.77. The van der Waals surface area contributed by atoms with Crippen LogP contribution in [0.2, 0.25) is 0 Å². The maximum Gasteiger partial charge on any atom is 0.573 e. The van der Waals surface area contributed by atoms with Crippen LogP contribution in [0.1, 0.15) is 16.1 Å². The molecule has 4 aromatic rings. The zero-order valence-corrected chi connectivity index (χ0v) is 17.1. The Morgan fingerprint density at radius 1 is 0.909 bits per heavy atom. The number of carbonyl (C=O) groups excluding carboxylic acids is 1. The van der Waals surface area contributed by atoms with Crippen LogP contribution in [-0.2, 0) is 0 Å². The molecule has 1 amide bonds. The minimum atomic E-state index is -4.79. The van der Waals surface area contributed by atoms with Crippen LogP contribution in [0, 0.1) is 6.92 Å². The van der Waals surface area contributed by atoms with E-state index in [1.807, 2.05) is 13.0 Å². The van der Waals surface area contributed by atoms with Crippen molar-refractivity contribution in [3.63, 3.8) is 0 Å². The fourth-order valence-electron chi connectivity index (χ4n) is 2.77. The Hall–Kier alpha value is -4.41. The molecule has 168 valence electrons. The minimum Gasteiger partial charge on any atom is -0.438 e. The molecule has 2 heterocycles. The van der Waals surface area contributed by atoms with E-state index in [2.05, 4.69) is 25.3 Å². The Morgan fingerprint density at radius 3 is 2.18 bits per heavy atom. The van der Waals surface area contributed by atoms with Crippen LogP contribution >= 0.6 is 0 Å². The van der Waals surface area contributed by atoms with Gasteiger partial charge in [-0.05, 0) is 67.6 Å². The monoisotopic (exact) mass is 455 g/mol. The van der Waals surface area contributed by atoms with Gasteiger partial charge in [-0.2, -0.15) is 5.10 Å². The van der Waals surface area contributed by atoms with Gasteiger partial charge in [-0.25, -0.2) is 4.68 Å². The van der Waals surface area contributed by atoms with Gasteiger partial charge in [0.25, 0.3) is 5.91 Å². The van der Waals surface area contributed by atoms with Gasteiger partial charge in [-0.15, -0.1) is 23.4 Å². The van der Waals surface area contributed by atoms with Crippen LogP contribution in [0.4, 0.5) is 18.9 Å². The number of hydrogen-bond donors (Lipinski definition) is 1. The molecule has 2 aromatic heterocycles. The number of nitrogens with one attached hydrogen (secondary N) is 1. The third-order valence-electron chi connectivity index (χ3n) is 4.27. The van der Waals surface area contributed by atoms with E-state index in [-0.39, 0.29) is 11.4 Å². The number of aromatic nitrogens is 4. The third-order valence-corrected chi connectivity index (χ3v) is 4.27. The number of nitrogens with zero attached hydrogens (tertiary/aromatic N) is 4. The molecule has 0 bridgehead atoms. The van der Waals surface area contributed by atoms with Gasteiger partial charge in [-0.1, -0.05) is 0 Å². The molecule has 0 unspecified atom stereocenters. The van der Waals surface area contributed by atoms with Crippen LogP contribution in [0.5, 0.6) is 17.4 Å². The highest BCUT2D eigenvalue weighted by Crippen LogP contribution is 2.24. The number of alkyl halides is 3. The molecule has 0 fully saturated rings. The van der Waals surface area contributed by atoms with Crippen LogP contribution in [0.15, 0.2) is 72.9 Å². The number of aryl methyl sites for hydroxylation is 1. The van der Waals surface area contributed by atoms with E-state index in [9.17, 15) is 18.0 Å². The molecule has 0 aliphatic carbocycles. The number of ether oxygens (including phenoxy) is 2. The molecule has 0 saturated carbocycles. The maximum absolute atomic E-state index is 12.3. The normalized spacial score (nSPS) is 11.2. The number of rotatable bonds is 6. The van der Waals surface area contributed by atoms with Crippen molar-refractivity contribution in [2.45, 2.75) is 13.3 Å². The minimum absolute atomic E-state index is 0.174. The highest BCUT2D eigenvalue weighted by molar-refractivity contribution is 6.04. The second-order valence-corrected chi connectivity index (χ2v) is 6.78. The second kappa shape index (κ2) is 8.99. The van der Waals surface area contributed by atoms with Gasteiger partial charge in [0, 0.05) is 23.5 Å². The lowest BCUT2D eigenvalue weighted by Gasteiger charge is -2.10. The summed E-state index contributed by atoms with van der Waals surface area (Å²) in [6.45, 7) is 1.87. The Bertz CT molecular complexity index is 1240. The number of halogens is 3. The lowest BCUT2D eigenvalue weighted by molar-refractivity contribution is -0.274. The van der Waals surface area contributed by atoms with Crippen molar-refractivity contribution in [1.29, 1.82) is 0 Å². The third kappa shape index (κ3) is 5.85. The van der Waals surface area contributed by atoms with E-state index in [1.54, 1.807) is 47.3 Å². The molecule has 11 heteroatoms. The summed E-state index contributed by atoms with van der Waals surface area (Å²) in [5.74, 6) is 0.402. The van der Waals surface area contributed by atoms with Crippen LogP contribution in [-0.4, -0.2) is 32.2 Å². The van der Waals surface area contributed by atoms with E-state index in [1.165, 1.54) is 12.1 Å².